The van der Waals surface area contributed by atoms with Gasteiger partial charge >= 0.3 is 0 Å². The van der Waals surface area contributed by atoms with Gasteiger partial charge in [-0.15, -0.1) is 0 Å². The van der Waals surface area contributed by atoms with Gasteiger partial charge < -0.3 is 15.8 Å². The predicted molar refractivity (Wildman–Crippen MR) is 130 cm³/mol. The number of benzene rings is 2. The van der Waals surface area contributed by atoms with Crippen LogP contribution in [0.5, 0.6) is 5.75 Å². The van der Waals surface area contributed by atoms with Crippen LogP contribution in [0.4, 0.5) is 11.5 Å². The lowest BCUT2D eigenvalue weighted by atomic mass is 9.94. The first-order valence-electron chi connectivity index (χ1n) is 10.9. The Morgan fingerprint density at radius 3 is 2.62 bits per heavy atom. The summed E-state index contributed by atoms with van der Waals surface area (Å²) in [5, 5.41) is 8.25. The highest BCUT2D eigenvalue weighted by atomic mass is 32.2. The number of aromatic nitrogens is 4. The molecule has 3 heterocycles. The molecule has 2 aromatic carbocycles. The summed E-state index contributed by atoms with van der Waals surface area (Å²) in [6, 6.07) is 13.3. The van der Waals surface area contributed by atoms with Gasteiger partial charge in [-0.25, -0.2) is 23.1 Å². The highest BCUT2D eigenvalue weighted by molar-refractivity contribution is 7.92. The molecule has 0 saturated carbocycles. The SMILES string of the molecule is COc1cc(-n2nc(C3CCNCC3)c3ncnc(N)c32)ccc1NS(=O)(=O)c1ccccc1. The number of sulfonamides is 1. The summed E-state index contributed by atoms with van der Waals surface area (Å²) in [7, 11) is -2.29. The number of piperidine rings is 1. The Hall–Kier alpha value is -3.70. The van der Waals surface area contributed by atoms with Gasteiger partial charge in [0.25, 0.3) is 10.0 Å². The van der Waals surface area contributed by atoms with E-state index < -0.39 is 10.0 Å². The van der Waals surface area contributed by atoms with Crippen LogP contribution in [0.3, 0.4) is 0 Å². The van der Waals surface area contributed by atoms with E-state index in [2.05, 4.69) is 20.0 Å². The minimum Gasteiger partial charge on any atom is -0.494 e. The van der Waals surface area contributed by atoms with E-state index in [0.29, 0.717) is 28.5 Å². The standard InChI is InChI=1S/C23H25N7O3S/c1-33-19-13-16(7-8-18(19)29-34(31,32)17-5-3-2-4-6-17)30-22-21(26-14-27-23(22)24)20(28-30)15-9-11-25-12-10-15/h2-8,13-15,25,29H,9-12H2,1H3,(H2,24,26,27). The van der Waals surface area contributed by atoms with Crippen molar-refractivity contribution in [2.24, 2.45) is 0 Å². The van der Waals surface area contributed by atoms with E-state index in [1.807, 2.05) is 0 Å². The molecule has 1 saturated heterocycles. The maximum atomic E-state index is 12.8. The fraction of sp³-hybridized carbons (Fsp3) is 0.261. The molecule has 0 unspecified atom stereocenters. The number of fused-ring (bicyclic) bond motifs is 1. The number of hydrogen-bond donors (Lipinski definition) is 3. The first kappa shape index (κ1) is 22.1. The van der Waals surface area contributed by atoms with Gasteiger partial charge in [-0.3, -0.25) is 4.72 Å². The number of rotatable bonds is 6. The van der Waals surface area contributed by atoms with Crippen LogP contribution >= 0.6 is 0 Å². The molecule has 5 rings (SSSR count). The molecule has 2 aromatic heterocycles. The lowest BCUT2D eigenvalue weighted by Crippen LogP contribution is -2.27. The molecule has 10 nitrogen and oxygen atoms in total. The molecule has 1 fully saturated rings. The molecule has 0 aliphatic carbocycles. The van der Waals surface area contributed by atoms with Crippen molar-refractivity contribution in [3.63, 3.8) is 0 Å². The number of hydrogen-bond acceptors (Lipinski definition) is 8. The summed E-state index contributed by atoms with van der Waals surface area (Å²) in [5.74, 6) is 0.933. The molecule has 4 aromatic rings. The molecule has 0 bridgehead atoms. The largest absolute Gasteiger partial charge is 0.494 e. The molecule has 0 spiro atoms. The second kappa shape index (κ2) is 8.92. The van der Waals surface area contributed by atoms with Gasteiger partial charge in [0.15, 0.2) is 5.82 Å². The molecule has 0 amide bonds. The van der Waals surface area contributed by atoms with Gasteiger partial charge in [0.2, 0.25) is 0 Å². The molecule has 1 aliphatic heterocycles. The third-order valence-electron chi connectivity index (χ3n) is 5.97. The van der Waals surface area contributed by atoms with E-state index in [0.717, 1.165) is 37.1 Å². The Balaban J connectivity index is 1.57. The van der Waals surface area contributed by atoms with Gasteiger partial charge in [0, 0.05) is 12.0 Å². The van der Waals surface area contributed by atoms with Gasteiger partial charge in [0.05, 0.1) is 29.1 Å². The van der Waals surface area contributed by atoms with Crippen LogP contribution in [0, 0.1) is 0 Å². The summed E-state index contributed by atoms with van der Waals surface area (Å²) >= 11 is 0. The van der Waals surface area contributed by atoms with Crippen LogP contribution in [-0.4, -0.2) is 48.4 Å². The molecule has 1 aliphatic rings. The van der Waals surface area contributed by atoms with Crippen molar-refractivity contribution in [3.8, 4) is 11.4 Å². The van der Waals surface area contributed by atoms with Gasteiger partial charge in [0.1, 0.15) is 23.1 Å². The molecule has 11 heteroatoms. The Labute approximate surface area is 197 Å². The van der Waals surface area contributed by atoms with Crippen molar-refractivity contribution < 1.29 is 13.2 Å². The predicted octanol–water partition coefficient (Wildman–Crippen LogP) is 2.67. The molecular weight excluding hydrogens is 454 g/mol. The van der Waals surface area contributed by atoms with Gasteiger partial charge in [-0.05, 0) is 50.2 Å². The summed E-state index contributed by atoms with van der Waals surface area (Å²) in [4.78, 5) is 8.82. The quantitative estimate of drug-likeness (QED) is 0.384. The zero-order chi connectivity index (χ0) is 23.7. The van der Waals surface area contributed by atoms with Crippen LogP contribution in [0.2, 0.25) is 0 Å². The zero-order valence-corrected chi connectivity index (χ0v) is 19.4. The molecule has 34 heavy (non-hydrogen) atoms. The summed E-state index contributed by atoms with van der Waals surface area (Å²) < 4.78 is 35.4. The molecule has 0 atom stereocenters. The van der Waals surface area contributed by atoms with Crippen LogP contribution in [0.25, 0.3) is 16.7 Å². The van der Waals surface area contributed by atoms with Gasteiger partial charge in [-0.2, -0.15) is 5.10 Å². The lowest BCUT2D eigenvalue weighted by molar-refractivity contribution is 0.416. The van der Waals surface area contributed by atoms with Crippen LogP contribution < -0.4 is 20.5 Å². The van der Waals surface area contributed by atoms with Crippen molar-refractivity contribution in [2.75, 3.05) is 30.7 Å². The maximum absolute atomic E-state index is 12.8. The Morgan fingerprint density at radius 1 is 1.12 bits per heavy atom. The number of nitrogens with one attached hydrogen (secondary N) is 2. The number of nitrogens with zero attached hydrogens (tertiary/aromatic N) is 4. The summed E-state index contributed by atoms with van der Waals surface area (Å²) in [6.45, 7) is 1.84. The Morgan fingerprint density at radius 2 is 1.88 bits per heavy atom. The van der Waals surface area contributed by atoms with E-state index in [-0.39, 0.29) is 10.8 Å². The average molecular weight is 480 g/mol. The Bertz CT molecular complexity index is 1430. The van der Waals surface area contributed by atoms with Crippen LogP contribution in [0.15, 0.2) is 59.8 Å². The number of nitrogen functional groups attached to an aromatic ring is 1. The zero-order valence-electron chi connectivity index (χ0n) is 18.6. The monoisotopic (exact) mass is 479 g/mol. The topological polar surface area (TPSA) is 137 Å². The molecule has 0 radical (unpaired) electrons. The van der Waals surface area contributed by atoms with E-state index in [1.54, 1.807) is 41.1 Å². The second-order valence-corrected chi connectivity index (χ2v) is 9.76. The van der Waals surface area contributed by atoms with E-state index >= 15 is 0 Å². The number of methoxy groups -OCH3 is 1. The highest BCUT2D eigenvalue weighted by Gasteiger charge is 2.25. The second-order valence-electron chi connectivity index (χ2n) is 8.08. The van der Waals surface area contributed by atoms with Crippen molar-refractivity contribution in [1.82, 2.24) is 25.1 Å². The van der Waals surface area contributed by atoms with Crippen molar-refractivity contribution in [1.29, 1.82) is 0 Å². The van der Waals surface area contributed by atoms with Crippen LogP contribution in [-0.2, 0) is 10.0 Å². The average Bonchev–Trinajstić information content (AvgIpc) is 3.26. The third kappa shape index (κ3) is 4.03. The van der Waals surface area contributed by atoms with Crippen molar-refractivity contribution >= 4 is 32.6 Å². The van der Waals surface area contributed by atoms with Gasteiger partial charge in [-0.1, -0.05) is 18.2 Å². The number of anilines is 2. The third-order valence-corrected chi connectivity index (χ3v) is 7.35. The minimum absolute atomic E-state index is 0.163. The lowest BCUT2D eigenvalue weighted by Gasteiger charge is -2.20. The van der Waals surface area contributed by atoms with E-state index in [1.165, 1.54) is 25.6 Å². The smallest absolute Gasteiger partial charge is 0.262 e. The Kier molecular flexibility index (Phi) is 5.80. The molecular formula is C23H25N7O3S. The molecule has 4 N–H and O–H groups in total. The first-order chi connectivity index (χ1) is 16.5. The fourth-order valence-electron chi connectivity index (χ4n) is 4.25. The molecule has 176 valence electrons. The van der Waals surface area contributed by atoms with Crippen molar-refractivity contribution in [2.45, 2.75) is 23.7 Å². The van der Waals surface area contributed by atoms with Crippen molar-refractivity contribution in [3.05, 3.63) is 60.6 Å². The van der Waals surface area contributed by atoms with E-state index in [4.69, 9.17) is 15.6 Å². The summed E-state index contributed by atoms with van der Waals surface area (Å²) in [5.41, 5.74) is 9.45. The highest BCUT2D eigenvalue weighted by Crippen LogP contribution is 2.35. The number of ether oxygens (including phenoxy) is 1. The first-order valence-corrected chi connectivity index (χ1v) is 12.4. The van der Waals surface area contributed by atoms with Crippen LogP contribution in [0.1, 0.15) is 24.5 Å². The van der Waals surface area contributed by atoms with E-state index in [9.17, 15) is 8.42 Å². The summed E-state index contributed by atoms with van der Waals surface area (Å²) in [6.07, 6.45) is 3.37. The number of nitrogens with two attached hydrogens (primary N) is 1. The fourth-order valence-corrected chi connectivity index (χ4v) is 5.34. The maximum Gasteiger partial charge on any atom is 0.262 e. The minimum atomic E-state index is -3.77. The normalized spacial score (nSPS) is 14.9.